The Bertz CT molecular complexity index is 1170. The van der Waals surface area contributed by atoms with E-state index in [4.69, 9.17) is 0 Å². The number of anilines is 2. The quantitative estimate of drug-likeness (QED) is 0.481. The van der Waals surface area contributed by atoms with Gasteiger partial charge in [0.2, 0.25) is 0 Å². The zero-order valence-electron chi connectivity index (χ0n) is 22.4. The van der Waals surface area contributed by atoms with Crippen molar-refractivity contribution in [1.82, 2.24) is 24.7 Å². The van der Waals surface area contributed by atoms with Crippen molar-refractivity contribution in [2.75, 3.05) is 29.9 Å². The average molecular weight is 522 g/mol. The second-order valence-corrected chi connectivity index (χ2v) is 9.79. The molecule has 2 N–H and O–H groups in total. The third-order valence-corrected chi connectivity index (χ3v) is 6.43. The van der Waals surface area contributed by atoms with Gasteiger partial charge in [-0.2, -0.15) is 5.10 Å². The molecule has 37 heavy (non-hydrogen) atoms. The molecule has 204 valence electrons. The average Bonchev–Trinajstić information content (AvgIpc) is 3.55. The van der Waals surface area contributed by atoms with Gasteiger partial charge >= 0.3 is 0 Å². The van der Waals surface area contributed by atoms with E-state index < -0.39 is 23.7 Å². The monoisotopic (exact) mass is 521 g/mol. The van der Waals surface area contributed by atoms with Gasteiger partial charge in [0, 0.05) is 38.9 Å². The molecule has 2 atom stereocenters. The van der Waals surface area contributed by atoms with Crippen LogP contribution in [0.5, 0.6) is 0 Å². The third-order valence-electron chi connectivity index (χ3n) is 6.43. The predicted octanol–water partition coefficient (Wildman–Crippen LogP) is 5.23. The van der Waals surface area contributed by atoms with Crippen LogP contribution in [0, 0.1) is 5.92 Å². The van der Waals surface area contributed by atoms with Crippen LogP contribution in [0.3, 0.4) is 0 Å². The summed E-state index contributed by atoms with van der Waals surface area (Å²) >= 11 is 0. The SMILES string of the molecule is CC.CCC(C)(C)F.Cn1cc(NC(=O)c2ccc3ccc(N4CC5CNC(C5)C4)nn23)c(C(F)F)n1. The van der Waals surface area contributed by atoms with Crippen LogP contribution in [0.2, 0.25) is 0 Å². The lowest BCUT2D eigenvalue weighted by Gasteiger charge is -2.31. The lowest BCUT2D eigenvalue weighted by atomic mass is 10.0. The number of piperidine rings is 1. The number of carbonyl (C=O) groups excluding carboxylic acids is 1. The van der Waals surface area contributed by atoms with Gasteiger partial charge in [-0.15, -0.1) is 5.10 Å². The van der Waals surface area contributed by atoms with Gasteiger partial charge in [-0.25, -0.2) is 17.7 Å². The van der Waals surface area contributed by atoms with Crippen LogP contribution in [0.15, 0.2) is 30.5 Å². The highest BCUT2D eigenvalue weighted by molar-refractivity contribution is 6.04. The van der Waals surface area contributed by atoms with E-state index in [1.165, 1.54) is 24.3 Å². The van der Waals surface area contributed by atoms with Crippen LogP contribution in [0.4, 0.5) is 24.7 Å². The highest BCUT2D eigenvalue weighted by atomic mass is 19.3. The zero-order valence-corrected chi connectivity index (χ0v) is 22.4. The zero-order chi connectivity index (χ0) is 27.3. The number of aryl methyl sites for hydroxylation is 1. The van der Waals surface area contributed by atoms with Gasteiger partial charge < -0.3 is 15.5 Å². The molecular formula is C26H38F3N7O. The van der Waals surface area contributed by atoms with E-state index in [-0.39, 0.29) is 11.4 Å². The molecule has 2 unspecified atom stereocenters. The normalized spacial score (nSPS) is 18.8. The van der Waals surface area contributed by atoms with E-state index in [1.807, 2.05) is 32.9 Å². The minimum absolute atomic E-state index is 0.00251. The Morgan fingerprint density at radius 1 is 1.19 bits per heavy atom. The molecule has 3 aromatic heterocycles. The first-order valence-corrected chi connectivity index (χ1v) is 12.8. The minimum Gasteiger partial charge on any atom is -0.353 e. The molecule has 2 aliphatic rings. The molecular weight excluding hydrogens is 483 g/mol. The summed E-state index contributed by atoms with van der Waals surface area (Å²) < 4.78 is 41.2. The van der Waals surface area contributed by atoms with Crippen LogP contribution < -0.4 is 15.5 Å². The number of rotatable bonds is 5. The van der Waals surface area contributed by atoms with Gasteiger partial charge in [0.1, 0.15) is 17.2 Å². The number of nitrogens with one attached hydrogen (secondary N) is 2. The van der Waals surface area contributed by atoms with Crippen LogP contribution in [0.1, 0.15) is 70.1 Å². The van der Waals surface area contributed by atoms with Crippen molar-refractivity contribution in [3.05, 3.63) is 41.9 Å². The summed E-state index contributed by atoms with van der Waals surface area (Å²) in [5, 5.41) is 14.4. The number of halogens is 3. The second kappa shape index (κ2) is 12.0. The van der Waals surface area contributed by atoms with Crippen LogP contribution in [-0.2, 0) is 7.05 Å². The fraction of sp³-hybridized carbons (Fsp3) is 0.577. The summed E-state index contributed by atoms with van der Waals surface area (Å²) in [6, 6.07) is 7.76. The maximum atomic E-state index is 13.2. The molecule has 0 aromatic carbocycles. The molecule has 11 heteroatoms. The van der Waals surface area contributed by atoms with Gasteiger partial charge in [-0.3, -0.25) is 9.48 Å². The van der Waals surface area contributed by atoms with Gasteiger partial charge in [0.05, 0.1) is 11.2 Å². The fourth-order valence-electron chi connectivity index (χ4n) is 4.29. The highest BCUT2D eigenvalue weighted by Crippen LogP contribution is 2.27. The number of hydrogen-bond donors (Lipinski definition) is 2. The van der Waals surface area contributed by atoms with E-state index >= 15 is 0 Å². The van der Waals surface area contributed by atoms with Gasteiger partial charge in [0.15, 0.2) is 5.69 Å². The molecule has 5 rings (SSSR count). The van der Waals surface area contributed by atoms with E-state index in [0.29, 0.717) is 18.4 Å². The summed E-state index contributed by atoms with van der Waals surface area (Å²) in [4.78, 5) is 15.0. The Labute approximate surface area is 216 Å². The first-order valence-electron chi connectivity index (χ1n) is 12.8. The Kier molecular flexibility index (Phi) is 9.22. The molecule has 0 spiro atoms. The molecule has 5 heterocycles. The van der Waals surface area contributed by atoms with Crippen molar-refractivity contribution >= 4 is 22.9 Å². The standard InChI is InChI=1S/C19H21F2N7O.C5H11F.C2H6/c1-26-10-14(17(25-26)18(20)21)23-19(29)15-4-2-13-3-5-16(24-28(13)15)27-8-11-6-12(9-27)22-7-11;1-4-5(2,3)6;1-2/h2-5,10-12,18,22H,6-9H2,1H3,(H,23,29);4H2,1-3H3;1-2H3. The van der Waals surface area contributed by atoms with Crippen molar-refractivity contribution < 1.29 is 18.0 Å². The summed E-state index contributed by atoms with van der Waals surface area (Å²) in [7, 11) is 1.53. The maximum absolute atomic E-state index is 13.2. The summed E-state index contributed by atoms with van der Waals surface area (Å²) in [5.41, 5.74) is -0.370. The number of nitrogens with zero attached hydrogens (tertiary/aromatic N) is 5. The maximum Gasteiger partial charge on any atom is 0.284 e. The number of fused-ring (bicyclic) bond motifs is 3. The molecule has 1 amide bonds. The lowest BCUT2D eigenvalue weighted by Crippen LogP contribution is -2.41. The first-order chi connectivity index (χ1) is 17.5. The lowest BCUT2D eigenvalue weighted by molar-refractivity contribution is 0.101. The Hall–Kier alpha value is -3.08. The van der Waals surface area contributed by atoms with Gasteiger partial charge in [-0.1, -0.05) is 20.8 Å². The minimum atomic E-state index is -2.77. The summed E-state index contributed by atoms with van der Waals surface area (Å²) in [6.45, 7) is 11.8. The van der Waals surface area contributed by atoms with Crippen LogP contribution in [0.25, 0.3) is 5.52 Å². The van der Waals surface area contributed by atoms with E-state index in [9.17, 15) is 18.0 Å². The number of aromatic nitrogens is 4. The van der Waals surface area contributed by atoms with Crippen molar-refractivity contribution in [2.45, 2.75) is 65.6 Å². The highest BCUT2D eigenvalue weighted by Gasteiger charge is 2.33. The number of hydrogen-bond acceptors (Lipinski definition) is 5. The van der Waals surface area contributed by atoms with Crippen molar-refractivity contribution in [1.29, 1.82) is 0 Å². The molecule has 8 nitrogen and oxygen atoms in total. The van der Waals surface area contributed by atoms with Gasteiger partial charge in [-0.05, 0) is 56.9 Å². The first kappa shape index (κ1) is 28.5. The number of amides is 1. The Morgan fingerprint density at radius 2 is 1.86 bits per heavy atom. The fourth-order valence-corrected chi connectivity index (χ4v) is 4.29. The van der Waals surface area contributed by atoms with Crippen molar-refractivity contribution in [2.24, 2.45) is 13.0 Å². The second-order valence-electron chi connectivity index (χ2n) is 9.79. The third kappa shape index (κ3) is 7.03. The smallest absolute Gasteiger partial charge is 0.284 e. The number of alkyl halides is 3. The van der Waals surface area contributed by atoms with E-state index in [2.05, 4.69) is 25.7 Å². The van der Waals surface area contributed by atoms with Crippen LogP contribution in [-0.4, -0.2) is 56.6 Å². The van der Waals surface area contributed by atoms with E-state index in [1.54, 1.807) is 30.5 Å². The molecule has 2 fully saturated rings. The Balaban J connectivity index is 0.000000421. The molecule has 0 radical (unpaired) electrons. The van der Waals surface area contributed by atoms with Crippen molar-refractivity contribution in [3.63, 3.8) is 0 Å². The van der Waals surface area contributed by atoms with Crippen LogP contribution >= 0.6 is 0 Å². The number of carbonyl (C=O) groups is 1. The molecule has 0 saturated carbocycles. The molecule has 3 aromatic rings. The molecule has 0 aliphatic carbocycles. The predicted molar refractivity (Wildman–Crippen MR) is 140 cm³/mol. The molecule has 2 aliphatic heterocycles. The molecule has 2 saturated heterocycles. The largest absolute Gasteiger partial charge is 0.353 e. The van der Waals surface area contributed by atoms with Gasteiger partial charge in [0.25, 0.3) is 12.3 Å². The topological polar surface area (TPSA) is 79.5 Å². The van der Waals surface area contributed by atoms with Crippen molar-refractivity contribution in [3.8, 4) is 0 Å². The Morgan fingerprint density at radius 3 is 2.49 bits per heavy atom. The van der Waals surface area contributed by atoms with E-state index in [0.717, 1.165) is 31.0 Å². The molecule has 2 bridgehead atoms. The summed E-state index contributed by atoms with van der Waals surface area (Å²) in [5.74, 6) is 0.901. The summed E-state index contributed by atoms with van der Waals surface area (Å²) in [6.07, 6.45) is 0.383.